The van der Waals surface area contributed by atoms with Crippen molar-refractivity contribution in [2.45, 2.75) is 0 Å². The van der Waals surface area contributed by atoms with Crippen LogP contribution in [0.3, 0.4) is 0 Å². The highest BCUT2D eigenvalue weighted by molar-refractivity contribution is 9.10. The second kappa shape index (κ2) is 2.27. The van der Waals surface area contributed by atoms with E-state index in [1.54, 1.807) is 6.07 Å². The van der Waals surface area contributed by atoms with Gasteiger partial charge in [0.1, 0.15) is 16.0 Å². The van der Waals surface area contributed by atoms with Crippen molar-refractivity contribution in [1.29, 1.82) is 0 Å². The molecule has 3 heteroatoms. The molecule has 0 fully saturated rings. The first-order valence-electron chi connectivity index (χ1n) is 2.38. The molecule has 9 heavy (non-hydrogen) atoms. The number of hydrogen-bond acceptors (Lipinski definition) is 2. The van der Waals surface area contributed by atoms with Crippen molar-refractivity contribution >= 4 is 15.9 Å². The van der Waals surface area contributed by atoms with Crippen LogP contribution in [0.15, 0.2) is 22.7 Å². The smallest absolute Gasteiger partial charge is 0.133 e. The van der Waals surface area contributed by atoms with Gasteiger partial charge in [-0.2, -0.15) is 0 Å². The van der Waals surface area contributed by atoms with Crippen molar-refractivity contribution in [2.75, 3.05) is 0 Å². The Morgan fingerprint density at radius 2 is 1.56 bits per heavy atom. The molecule has 0 saturated heterocycles. The van der Waals surface area contributed by atoms with Gasteiger partial charge in [0.2, 0.25) is 0 Å². The minimum absolute atomic E-state index is 0.0509. The van der Waals surface area contributed by atoms with E-state index in [2.05, 4.69) is 15.9 Å². The number of rotatable bonds is 0. The molecule has 0 unspecified atom stereocenters. The molecule has 0 atom stereocenters. The van der Waals surface area contributed by atoms with Crippen LogP contribution in [0.1, 0.15) is 0 Å². The van der Waals surface area contributed by atoms with Crippen LogP contribution in [-0.2, 0) is 0 Å². The minimum atomic E-state index is 0.0509. The van der Waals surface area contributed by atoms with Crippen LogP contribution in [0, 0.1) is 0 Å². The summed E-state index contributed by atoms with van der Waals surface area (Å²) in [6.45, 7) is 0. The summed E-state index contributed by atoms with van der Waals surface area (Å²) in [7, 11) is 0. The van der Waals surface area contributed by atoms with E-state index in [0.717, 1.165) is 0 Å². The van der Waals surface area contributed by atoms with Gasteiger partial charge in [-0.3, -0.25) is 0 Å². The molecule has 2 nitrogen and oxygen atoms in total. The molecule has 0 radical (unpaired) electrons. The molecule has 0 saturated carbocycles. The zero-order valence-electron chi connectivity index (χ0n) is 4.50. The van der Waals surface area contributed by atoms with Gasteiger partial charge in [0.25, 0.3) is 0 Å². The van der Waals surface area contributed by atoms with Crippen LogP contribution in [-0.4, -0.2) is 10.2 Å². The maximum absolute atomic E-state index is 8.89. The molecule has 0 aliphatic rings. The van der Waals surface area contributed by atoms with Gasteiger partial charge >= 0.3 is 0 Å². The van der Waals surface area contributed by atoms with Gasteiger partial charge < -0.3 is 10.2 Å². The lowest BCUT2D eigenvalue weighted by Crippen LogP contribution is -1.68. The minimum Gasteiger partial charge on any atom is -0.507 e. The largest absolute Gasteiger partial charge is 0.507 e. The lowest BCUT2D eigenvalue weighted by atomic mass is 10.3. The van der Waals surface area contributed by atoms with E-state index in [1.165, 1.54) is 12.1 Å². The van der Waals surface area contributed by atoms with Crippen molar-refractivity contribution in [3.8, 4) is 11.5 Å². The summed E-state index contributed by atoms with van der Waals surface area (Å²) < 4.78 is 0.338. The maximum atomic E-state index is 8.89. The number of benzene rings is 1. The summed E-state index contributed by atoms with van der Waals surface area (Å²) in [5, 5.41) is 17.8. The zero-order valence-corrected chi connectivity index (χ0v) is 6.09. The Bertz CT molecular complexity index is 202. The fourth-order valence-corrected chi connectivity index (χ4v) is 0.772. The Kier molecular flexibility index (Phi) is 1.62. The quantitative estimate of drug-likeness (QED) is 0.653. The molecule has 0 bridgehead atoms. The van der Waals surface area contributed by atoms with Crippen molar-refractivity contribution in [1.82, 2.24) is 0 Å². The van der Waals surface area contributed by atoms with Crippen molar-refractivity contribution < 1.29 is 10.2 Å². The lowest BCUT2D eigenvalue weighted by molar-refractivity contribution is 0.444. The molecular formula is C6H5BrO2. The van der Waals surface area contributed by atoms with Crippen molar-refractivity contribution in [3.05, 3.63) is 22.7 Å². The molecule has 0 amide bonds. The lowest BCUT2D eigenvalue weighted by Gasteiger charge is -1.96. The molecule has 0 aliphatic heterocycles. The van der Waals surface area contributed by atoms with Gasteiger partial charge in [-0.15, -0.1) is 0 Å². The average Bonchev–Trinajstić information content (AvgIpc) is 1.83. The first-order chi connectivity index (χ1) is 4.22. The molecule has 0 aromatic heterocycles. The van der Waals surface area contributed by atoms with Crippen molar-refractivity contribution in [3.63, 3.8) is 0 Å². The molecule has 0 aliphatic carbocycles. The third-order valence-electron chi connectivity index (χ3n) is 0.958. The summed E-state index contributed by atoms with van der Waals surface area (Å²) in [6, 6.07) is 4.54. The van der Waals surface area contributed by atoms with E-state index in [1.807, 2.05) is 0 Å². The van der Waals surface area contributed by atoms with E-state index in [0.29, 0.717) is 4.47 Å². The van der Waals surface area contributed by atoms with Crippen LogP contribution in [0.4, 0.5) is 0 Å². The summed E-state index contributed by atoms with van der Waals surface area (Å²) >= 11 is 2.98. The molecular weight excluding hydrogens is 184 g/mol. The zero-order chi connectivity index (χ0) is 6.85. The number of halogens is 1. The normalized spacial score (nSPS) is 9.44. The van der Waals surface area contributed by atoms with E-state index in [-0.39, 0.29) is 11.5 Å². The standard InChI is InChI=1S/C6H5BrO2/c7-6-4(8)2-1-3-5(6)9/h1-3,8-9H. The predicted molar refractivity (Wildman–Crippen MR) is 37.5 cm³/mol. The van der Waals surface area contributed by atoms with Gasteiger partial charge in [0.15, 0.2) is 0 Å². The molecule has 2 N–H and O–H groups in total. The maximum Gasteiger partial charge on any atom is 0.133 e. The summed E-state index contributed by atoms with van der Waals surface area (Å²) in [5.74, 6) is 0.102. The molecule has 0 heterocycles. The van der Waals surface area contributed by atoms with Gasteiger partial charge in [-0.25, -0.2) is 0 Å². The number of aromatic hydroxyl groups is 2. The van der Waals surface area contributed by atoms with Crippen LogP contribution in [0.25, 0.3) is 0 Å². The first-order valence-corrected chi connectivity index (χ1v) is 3.17. The summed E-state index contributed by atoms with van der Waals surface area (Å²) in [4.78, 5) is 0. The fraction of sp³-hybridized carbons (Fsp3) is 0. The van der Waals surface area contributed by atoms with E-state index >= 15 is 0 Å². The summed E-state index contributed by atoms with van der Waals surface area (Å²) in [5.41, 5.74) is 0. The van der Waals surface area contributed by atoms with Gasteiger partial charge in [0.05, 0.1) is 0 Å². The second-order valence-corrected chi connectivity index (χ2v) is 2.40. The van der Waals surface area contributed by atoms with Gasteiger partial charge in [0, 0.05) is 0 Å². The Morgan fingerprint density at radius 1 is 1.11 bits per heavy atom. The third-order valence-corrected chi connectivity index (χ3v) is 1.77. The molecule has 1 aromatic carbocycles. The SMILES string of the molecule is Oc1cccc(O)c1Br. The van der Waals surface area contributed by atoms with Crippen LogP contribution >= 0.6 is 15.9 Å². The van der Waals surface area contributed by atoms with E-state index in [9.17, 15) is 0 Å². The number of hydrogen-bond donors (Lipinski definition) is 2. The Balaban J connectivity index is 3.25. The van der Waals surface area contributed by atoms with Gasteiger partial charge in [-0.1, -0.05) is 6.07 Å². The van der Waals surface area contributed by atoms with Gasteiger partial charge in [-0.05, 0) is 28.1 Å². The summed E-state index contributed by atoms with van der Waals surface area (Å²) in [6.07, 6.45) is 0. The van der Waals surface area contributed by atoms with E-state index < -0.39 is 0 Å². The number of phenolic OH excluding ortho intramolecular Hbond substituents is 2. The monoisotopic (exact) mass is 188 g/mol. The highest BCUT2D eigenvalue weighted by Crippen LogP contribution is 2.31. The Hall–Kier alpha value is -0.700. The average molecular weight is 189 g/mol. The second-order valence-electron chi connectivity index (χ2n) is 1.61. The highest BCUT2D eigenvalue weighted by atomic mass is 79.9. The molecule has 48 valence electrons. The topological polar surface area (TPSA) is 40.5 Å². The predicted octanol–water partition coefficient (Wildman–Crippen LogP) is 1.86. The van der Waals surface area contributed by atoms with Crippen LogP contribution in [0.2, 0.25) is 0 Å². The Labute approximate surface area is 60.9 Å². The van der Waals surface area contributed by atoms with E-state index in [4.69, 9.17) is 10.2 Å². The fourth-order valence-electron chi connectivity index (χ4n) is 0.508. The van der Waals surface area contributed by atoms with Crippen molar-refractivity contribution in [2.24, 2.45) is 0 Å². The number of phenols is 2. The van der Waals surface area contributed by atoms with Crippen LogP contribution < -0.4 is 0 Å². The molecule has 0 spiro atoms. The first kappa shape index (κ1) is 6.42. The molecule has 1 rings (SSSR count). The highest BCUT2D eigenvalue weighted by Gasteiger charge is 1.99. The molecule has 1 aromatic rings. The Morgan fingerprint density at radius 3 is 1.89 bits per heavy atom. The third kappa shape index (κ3) is 1.16. The van der Waals surface area contributed by atoms with Crippen LogP contribution in [0.5, 0.6) is 11.5 Å².